The molecule has 1 aliphatic heterocycles. The maximum atomic E-state index is 5.22. The molecule has 0 aromatic carbocycles. The number of hydrogen-bond donors (Lipinski definition) is 1. The molecule has 0 aliphatic carbocycles. The van der Waals surface area contributed by atoms with Crippen molar-refractivity contribution >= 4 is 16.9 Å². The fourth-order valence-electron chi connectivity index (χ4n) is 2.93. The van der Waals surface area contributed by atoms with Gasteiger partial charge in [-0.1, -0.05) is 5.16 Å². The number of fused-ring (bicyclic) bond motifs is 1. The van der Waals surface area contributed by atoms with Gasteiger partial charge < -0.3 is 14.7 Å². The maximum absolute atomic E-state index is 5.22. The Hall–Kier alpha value is -1.69. The molecular formula is C14H21N5O. The molecule has 0 spiro atoms. The Morgan fingerprint density at radius 2 is 2.15 bits per heavy atom. The van der Waals surface area contributed by atoms with Gasteiger partial charge in [-0.05, 0) is 45.7 Å². The van der Waals surface area contributed by atoms with Gasteiger partial charge in [-0.3, -0.25) is 0 Å². The predicted molar refractivity (Wildman–Crippen MR) is 77.8 cm³/mol. The van der Waals surface area contributed by atoms with Crippen LogP contribution < -0.4 is 10.2 Å². The van der Waals surface area contributed by atoms with Gasteiger partial charge in [-0.25, -0.2) is 4.98 Å². The van der Waals surface area contributed by atoms with E-state index < -0.39 is 0 Å². The van der Waals surface area contributed by atoms with Crippen molar-refractivity contribution in [3.8, 4) is 0 Å². The van der Waals surface area contributed by atoms with E-state index in [0.717, 1.165) is 42.5 Å². The van der Waals surface area contributed by atoms with E-state index >= 15 is 0 Å². The quantitative estimate of drug-likeness (QED) is 0.917. The van der Waals surface area contributed by atoms with Crippen molar-refractivity contribution in [1.29, 1.82) is 0 Å². The summed E-state index contributed by atoms with van der Waals surface area (Å²) in [5.74, 6) is 1.79. The molecule has 0 bridgehead atoms. The third kappa shape index (κ3) is 2.47. The van der Waals surface area contributed by atoms with Crippen LogP contribution in [0.3, 0.4) is 0 Å². The Morgan fingerprint density at radius 1 is 1.35 bits per heavy atom. The first-order chi connectivity index (χ1) is 9.79. The van der Waals surface area contributed by atoms with Crippen LogP contribution in [-0.2, 0) is 0 Å². The first-order valence-corrected chi connectivity index (χ1v) is 7.26. The Balaban J connectivity index is 1.75. The molecule has 0 radical (unpaired) electrons. The third-order valence-corrected chi connectivity index (χ3v) is 4.14. The molecule has 108 valence electrons. The average molecular weight is 275 g/mol. The van der Waals surface area contributed by atoms with Gasteiger partial charge in [0.2, 0.25) is 0 Å². The van der Waals surface area contributed by atoms with Crippen LogP contribution in [0.1, 0.15) is 25.0 Å². The van der Waals surface area contributed by atoms with E-state index in [1.54, 1.807) is 6.33 Å². The zero-order chi connectivity index (χ0) is 13.9. The van der Waals surface area contributed by atoms with Crippen LogP contribution in [0.2, 0.25) is 0 Å². The second-order valence-corrected chi connectivity index (χ2v) is 5.47. The van der Waals surface area contributed by atoms with E-state index in [4.69, 9.17) is 4.52 Å². The average Bonchev–Trinajstić information content (AvgIpc) is 2.87. The zero-order valence-electron chi connectivity index (χ0n) is 12.1. The molecule has 1 N–H and O–H groups in total. The molecule has 1 saturated heterocycles. The highest BCUT2D eigenvalue weighted by atomic mass is 16.5. The molecule has 0 unspecified atom stereocenters. The lowest BCUT2D eigenvalue weighted by Gasteiger charge is -2.33. The van der Waals surface area contributed by atoms with Gasteiger partial charge in [0.15, 0.2) is 0 Å². The van der Waals surface area contributed by atoms with E-state index in [9.17, 15) is 0 Å². The second-order valence-electron chi connectivity index (χ2n) is 5.47. The smallest absolute Gasteiger partial charge is 0.263 e. The molecule has 0 saturated carbocycles. The Labute approximate surface area is 118 Å². The monoisotopic (exact) mass is 275 g/mol. The molecule has 0 atom stereocenters. The van der Waals surface area contributed by atoms with Gasteiger partial charge in [0, 0.05) is 13.1 Å². The number of hydrogen-bond acceptors (Lipinski definition) is 6. The summed E-state index contributed by atoms with van der Waals surface area (Å²) in [6.45, 7) is 5.14. The lowest BCUT2D eigenvalue weighted by Crippen LogP contribution is -2.35. The Kier molecular flexibility index (Phi) is 3.82. The Bertz CT molecular complexity index is 574. The highest BCUT2D eigenvalue weighted by Crippen LogP contribution is 2.29. The largest absolute Gasteiger partial charge is 0.356 e. The Morgan fingerprint density at radius 3 is 2.90 bits per heavy atom. The molecule has 6 nitrogen and oxygen atoms in total. The van der Waals surface area contributed by atoms with Crippen molar-refractivity contribution in [2.75, 3.05) is 31.6 Å². The molecule has 1 fully saturated rings. The van der Waals surface area contributed by atoms with Crippen molar-refractivity contribution in [3.63, 3.8) is 0 Å². The number of nitrogens with zero attached hydrogens (tertiary/aromatic N) is 4. The first-order valence-electron chi connectivity index (χ1n) is 7.26. The second kappa shape index (κ2) is 5.75. The fraction of sp³-hybridized carbons (Fsp3) is 0.643. The first kappa shape index (κ1) is 13.3. The van der Waals surface area contributed by atoms with E-state index in [-0.39, 0.29) is 0 Å². The normalized spacial score (nSPS) is 17.0. The molecule has 6 heteroatoms. The number of rotatable bonds is 4. The van der Waals surface area contributed by atoms with Crippen molar-refractivity contribution in [1.82, 2.24) is 20.4 Å². The van der Waals surface area contributed by atoms with Crippen LogP contribution in [-0.4, -0.2) is 41.8 Å². The molecule has 2 aromatic heterocycles. The predicted octanol–water partition coefficient (Wildman–Crippen LogP) is 1.75. The minimum atomic E-state index is 0.588. The molecule has 0 amide bonds. The van der Waals surface area contributed by atoms with E-state index in [2.05, 4.69) is 25.3 Å². The van der Waals surface area contributed by atoms with Crippen molar-refractivity contribution < 1.29 is 4.52 Å². The summed E-state index contributed by atoms with van der Waals surface area (Å²) >= 11 is 0. The molecule has 1 aliphatic rings. The summed E-state index contributed by atoms with van der Waals surface area (Å²) in [6, 6.07) is 0. The lowest BCUT2D eigenvalue weighted by molar-refractivity contribution is 0.377. The molecule has 3 heterocycles. The van der Waals surface area contributed by atoms with Gasteiger partial charge in [0.1, 0.15) is 17.5 Å². The van der Waals surface area contributed by atoms with Crippen LogP contribution in [0, 0.1) is 12.8 Å². The number of nitrogens with one attached hydrogen (secondary N) is 1. The number of piperidine rings is 1. The van der Waals surface area contributed by atoms with Gasteiger partial charge >= 0.3 is 0 Å². The summed E-state index contributed by atoms with van der Waals surface area (Å²) in [6.07, 6.45) is 5.26. The summed E-state index contributed by atoms with van der Waals surface area (Å²) < 4.78 is 5.22. The van der Waals surface area contributed by atoms with Crippen LogP contribution in [0.4, 0.5) is 5.82 Å². The number of anilines is 1. The summed E-state index contributed by atoms with van der Waals surface area (Å²) in [5, 5.41) is 8.18. The fourth-order valence-corrected chi connectivity index (χ4v) is 2.93. The van der Waals surface area contributed by atoms with Crippen molar-refractivity contribution in [2.45, 2.75) is 26.2 Å². The molecule has 3 rings (SSSR count). The SMILES string of the molecule is CNCCC1CCN(c2ncnc3onc(C)c23)CC1. The van der Waals surface area contributed by atoms with Crippen molar-refractivity contribution in [2.24, 2.45) is 5.92 Å². The number of aryl methyl sites for hydroxylation is 1. The van der Waals surface area contributed by atoms with E-state index in [1.165, 1.54) is 19.3 Å². The highest BCUT2D eigenvalue weighted by molar-refractivity contribution is 5.87. The van der Waals surface area contributed by atoms with Crippen LogP contribution >= 0.6 is 0 Å². The molecule has 2 aromatic rings. The van der Waals surface area contributed by atoms with Gasteiger partial charge in [-0.2, -0.15) is 4.98 Å². The van der Waals surface area contributed by atoms with Gasteiger partial charge in [0.25, 0.3) is 5.71 Å². The third-order valence-electron chi connectivity index (χ3n) is 4.14. The molecule has 20 heavy (non-hydrogen) atoms. The zero-order valence-corrected chi connectivity index (χ0v) is 12.1. The van der Waals surface area contributed by atoms with Crippen LogP contribution in [0.5, 0.6) is 0 Å². The standard InChI is InChI=1S/C14H21N5O/c1-10-12-13(16-9-17-14(12)20-18-10)19-7-4-11(5-8-19)3-6-15-2/h9,11,15H,3-8H2,1-2H3. The summed E-state index contributed by atoms with van der Waals surface area (Å²) in [5.41, 5.74) is 1.46. The number of aromatic nitrogens is 3. The minimum Gasteiger partial charge on any atom is -0.356 e. The van der Waals surface area contributed by atoms with Gasteiger partial charge in [0.05, 0.1) is 5.69 Å². The molecular weight excluding hydrogens is 254 g/mol. The summed E-state index contributed by atoms with van der Waals surface area (Å²) in [4.78, 5) is 10.9. The van der Waals surface area contributed by atoms with Crippen molar-refractivity contribution in [3.05, 3.63) is 12.0 Å². The topological polar surface area (TPSA) is 67.1 Å². The minimum absolute atomic E-state index is 0.588. The van der Waals surface area contributed by atoms with Crippen LogP contribution in [0.25, 0.3) is 11.1 Å². The summed E-state index contributed by atoms with van der Waals surface area (Å²) in [7, 11) is 2.02. The van der Waals surface area contributed by atoms with Gasteiger partial charge in [-0.15, -0.1) is 0 Å². The highest BCUT2D eigenvalue weighted by Gasteiger charge is 2.23. The van der Waals surface area contributed by atoms with E-state index in [0.29, 0.717) is 5.71 Å². The maximum Gasteiger partial charge on any atom is 0.263 e. The van der Waals surface area contributed by atoms with Crippen LogP contribution in [0.15, 0.2) is 10.9 Å². The lowest BCUT2D eigenvalue weighted by atomic mass is 9.93. The van der Waals surface area contributed by atoms with E-state index in [1.807, 2.05) is 14.0 Å².